The maximum Gasteiger partial charge on any atom is 0.353 e. The van der Waals surface area contributed by atoms with Crippen LogP contribution in [0.5, 0.6) is 0 Å². The number of aryl methyl sites for hydroxylation is 1. The van der Waals surface area contributed by atoms with Gasteiger partial charge in [-0.25, -0.2) is 18.9 Å². The molecular weight excluding hydrogens is 462 g/mol. The summed E-state index contributed by atoms with van der Waals surface area (Å²) in [7, 11) is 0. The summed E-state index contributed by atoms with van der Waals surface area (Å²) in [6, 6.07) is 18.1. The van der Waals surface area contributed by atoms with Gasteiger partial charge in [0.1, 0.15) is 6.54 Å². The molecule has 10 heteroatoms. The van der Waals surface area contributed by atoms with Gasteiger partial charge in [-0.3, -0.25) is 0 Å². The minimum absolute atomic E-state index is 0.0811. The fourth-order valence-corrected chi connectivity index (χ4v) is 4.83. The smallest absolute Gasteiger partial charge is 0.337 e. The molecule has 0 spiro atoms. The summed E-state index contributed by atoms with van der Waals surface area (Å²) in [6.07, 6.45) is 2.93. The third-order valence-electron chi connectivity index (χ3n) is 6.19. The van der Waals surface area contributed by atoms with E-state index in [1.54, 1.807) is 16.2 Å². The maximum absolute atomic E-state index is 13.4. The van der Waals surface area contributed by atoms with E-state index in [9.17, 15) is 4.79 Å². The lowest BCUT2D eigenvalue weighted by molar-refractivity contribution is 0.364. The van der Waals surface area contributed by atoms with Crippen molar-refractivity contribution in [3.05, 3.63) is 87.8 Å². The average molecular weight is 486 g/mol. The molecule has 1 aliphatic heterocycles. The van der Waals surface area contributed by atoms with Crippen LogP contribution in [0.4, 0.5) is 5.95 Å². The van der Waals surface area contributed by atoms with Gasteiger partial charge < -0.3 is 9.42 Å². The number of fused-ring (bicyclic) bond motifs is 2. The van der Waals surface area contributed by atoms with E-state index in [2.05, 4.69) is 38.3 Å². The lowest BCUT2D eigenvalue weighted by atomic mass is 10.0. The molecular formula is C25H23N7O2S. The van der Waals surface area contributed by atoms with E-state index in [-0.39, 0.29) is 12.2 Å². The second-order valence-electron chi connectivity index (χ2n) is 8.51. The first-order chi connectivity index (χ1) is 17.1. The van der Waals surface area contributed by atoms with Crippen LogP contribution in [0.1, 0.15) is 22.7 Å². The zero-order valence-electron chi connectivity index (χ0n) is 19.4. The second-order valence-corrected chi connectivity index (χ2v) is 9.39. The number of nitrogens with zero attached hydrogens (tertiary/aromatic N) is 7. The monoisotopic (exact) mass is 485 g/mol. The van der Waals surface area contributed by atoms with E-state index < -0.39 is 0 Å². The molecule has 1 aliphatic rings. The molecule has 3 aromatic heterocycles. The summed E-state index contributed by atoms with van der Waals surface area (Å²) in [5, 5.41) is 8.63. The Hall–Kier alpha value is -3.92. The average Bonchev–Trinajstić information content (AvgIpc) is 3.48. The molecule has 0 saturated heterocycles. The highest BCUT2D eigenvalue weighted by Gasteiger charge is 2.23. The fourth-order valence-electron chi connectivity index (χ4n) is 4.42. The minimum atomic E-state index is -0.287. The molecule has 0 unspecified atom stereocenters. The molecule has 0 fully saturated rings. The van der Waals surface area contributed by atoms with E-state index in [0.29, 0.717) is 29.9 Å². The molecule has 5 aromatic rings. The molecule has 9 nitrogen and oxygen atoms in total. The van der Waals surface area contributed by atoms with Gasteiger partial charge in [-0.15, -0.1) is 16.9 Å². The summed E-state index contributed by atoms with van der Waals surface area (Å²) in [6.45, 7) is 3.47. The van der Waals surface area contributed by atoms with Crippen LogP contribution < -0.4 is 10.6 Å². The number of hydrogen-bond donors (Lipinski definition) is 0. The SMILES string of the molecule is CSc1ccc(-c2noc(Cn3nc4cc(C)nc(N5CCc6ccccc6C5)n4c3=O)n2)cc1. The van der Waals surface area contributed by atoms with Crippen LogP contribution in [0, 0.1) is 6.92 Å². The van der Waals surface area contributed by atoms with Crippen molar-refractivity contribution in [2.75, 3.05) is 17.7 Å². The van der Waals surface area contributed by atoms with Gasteiger partial charge in [-0.2, -0.15) is 4.98 Å². The molecule has 35 heavy (non-hydrogen) atoms. The Morgan fingerprint density at radius 3 is 2.66 bits per heavy atom. The van der Waals surface area contributed by atoms with Crippen LogP contribution in [0.15, 0.2) is 68.8 Å². The lowest BCUT2D eigenvalue weighted by Gasteiger charge is -2.29. The van der Waals surface area contributed by atoms with Crippen molar-refractivity contribution in [3.8, 4) is 11.4 Å². The van der Waals surface area contributed by atoms with Crippen LogP contribution in [0.3, 0.4) is 0 Å². The third kappa shape index (κ3) is 3.99. The highest BCUT2D eigenvalue weighted by atomic mass is 32.2. The topological polar surface area (TPSA) is 94.4 Å². The van der Waals surface area contributed by atoms with Crippen LogP contribution in [0.2, 0.25) is 0 Å². The van der Waals surface area contributed by atoms with E-state index >= 15 is 0 Å². The largest absolute Gasteiger partial charge is 0.353 e. The summed E-state index contributed by atoms with van der Waals surface area (Å²) < 4.78 is 8.36. The minimum Gasteiger partial charge on any atom is -0.337 e. The van der Waals surface area contributed by atoms with Crippen LogP contribution >= 0.6 is 11.8 Å². The Kier molecular flexibility index (Phi) is 5.37. The Bertz CT molecular complexity index is 1590. The first-order valence-electron chi connectivity index (χ1n) is 11.3. The van der Waals surface area contributed by atoms with Gasteiger partial charge in [0.05, 0.1) is 0 Å². The Labute approximate surface area is 205 Å². The first-order valence-corrected chi connectivity index (χ1v) is 12.6. The second kappa shape index (κ2) is 8.70. The fraction of sp³-hybridized carbons (Fsp3) is 0.240. The summed E-state index contributed by atoms with van der Waals surface area (Å²) >= 11 is 1.67. The van der Waals surface area contributed by atoms with E-state index in [0.717, 1.165) is 29.1 Å². The first kappa shape index (κ1) is 21.6. The molecule has 6 rings (SSSR count). The molecule has 0 radical (unpaired) electrons. The number of anilines is 1. The molecule has 2 aromatic carbocycles. The molecule has 0 N–H and O–H groups in total. The molecule has 0 bridgehead atoms. The molecule has 4 heterocycles. The number of aromatic nitrogens is 6. The molecule has 0 saturated carbocycles. The van der Waals surface area contributed by atoms with Crippen molar-refractivity contribution < 1.29 is 4.52 Å². The summed E-state index contributed by atoms with van der Waals surface area (Å²) in [5.41, 5.74) is 4.50. The predicted octanol–water partition coefficient (Wildman–Crippen LogP) is 3.58. The number of benzene rings is 2. The quantitative estimate of drug-likeness (QED) is 0.349. The van der Waals surface area contributed by atoms with Gasteiger partial charge in [-0.1, -0.05) is 29.4 Å². The van der Waals surface area contributed by atoms with Crippen LogP contribution in [-0.4, -0.2) is 42.1 Å². The van der Waals surface area contributed by atoms with Crippen molar-refractivity contribution in [2.45, 2.75) is 31.3 Å². The van der Waals surface area contributed by atoms with Crippen molar-refractivity contribution in [2.24, 2.45) is 0 Å². The zero-order chi connectivity index (χ0) is 23.9. The van der Waals surface area contributed by atoms with Gasteiger partial charge in [0.25, 0.3) is 0 Å². The Morgan fingerprint density at radius 1 is 1.06 bits per heavy atom. The standard InChI is InChI=1S/C25H23N7O2S/c1-16-13-21-28-31(15-22-27-23(29-34-22)18-7-9-20(35-2)10-8-18)25(33)32(21)24(26-16)30-12-11-17-5-3-4-6-19(17)14-30/h3-10,13H,11-12,14-15H2,1-2H3. The van der Waals surface area contributed by atoms with Gasteiger partial charge >= 0.3 is 5.69 Å². The van der Waals surface area contributed by atoms with Gasteiger partial charge in [0.15, 0.2) is 5.65 Å². The molecule has 0 aliphatic carbocycles. The van der Waals surface area contributed by atoms with E-state index in [1.807, 2.05) is 49.6 Å². The normalized spacial score (nSPS) is 13.4. The van der Waals surface area contributed by atoms with Crippen molar-refractivity contribution in [3.63, 3.8) is 0 Å². The van der Waals surface area contributed by atoms with Gasteiger partial charge in [0.2, 0.25) is 17.7 Å². The van der Waals surface area contributed by atoms with E-state index in [4.69, 9.17) is 9.51 Å². The Balaban J connectivity index is 1.32. The van der Waals surface area contributed by atoms with Crippen molar-refractivity contribution >= 4 is 23.4 Å². The van der Waals surface area contributed by atoms with Crippen molar-refractivity contribution in [1.29, 1.82) is 0 Å². The van der Waals surface area contributed by atoms with Crippen LogP contribution in [-0.2, 0) is 19.5 Å². The number of hydrogen-bond acceptors (Lipinski definition) is 8. The van der Waals surface area contributed by atoms with Crippen LogP contribution in [0.25, 0.3) is 17.0 Å². The number of thioether (sulfide) groups is 1. The maximum atomic E-state index is 13.4. The number of rotatable bonds is 5. The van der Waals surface area contributed by atoms with Crippen molar-refractivity contribution in [1.82, 2.24) is 29.3 Å². The zero-order valence-corrected chi connectivity index (χ0v) is 20.2. The Morgan fingerprint density at radius 2 is 1.86 bits per heavy atom. The predicted molar refractivity (Wildman–Crippen MR) is 134 cm³/mol. The molecule has 176 valence electrons. The summed E-state index contributed by atoms with van der Waals surface area (Å²) in [4.78, 5) is 25.9. The van der Waals surface area contributed by atoms with Gasteiger partial charge in [-0.05, 0) is 55.0 Å². The third-order valence-corrected chi connectivity index (χ3v) is 6.94. The molecule has 0 atom stereocenters. The molecule has 0 amide bonds. The highest BCUT2D eigenvalue weighted by Crippen LogP contribution is 2.24. The van der Waals surface area contributed by atoms with Gasteiger partial charge in [0, 0.05) is 35.3 Å². The van der Waals surface area contributed by atoms with E-state index in [1.165, 1.54) is 15.8 Å². The summed E-state index contributed by atoms with van der Waals surface area (Å²) in [5.74, 6) is 1.40. The highest BCUT2D eigenvalue weighted by molar-refractivity contribution is 7.98. The lowest BCUT2D eigenvalue weighted by Crippen LogP contribution is -2.35.